The molecule has 1 heterocycles. The molecule has 4 rings (SSSR count). The number of amides is 1. The molecule has 0 saturated carbocycles. The van der Waals surface area contributed by atoms with Crippen LogP contribution in [0.15, 0.2) is 67.0 Å². The van der Waals surface area contributed by atoms with Crippen LogP contribution < -0.4 is 14.8 Å². The third kappa shape index (κ3) is 6.18. The standard InChI is InChI=1S/C26H24ClFN4O4/c1-32(24(34)14-33)10-11-35-23-7-3-6-21-25(23)26(30-16-29-21)31-19-8-9-22(20(27)13-19)36-15-17-4-2-5-18(28)12-17/h2-9,12-13,16,33H,10-11,14-15H2,1H3,(H,29,30,31). The molecule has 186 valence electrons. The Balaban J connectivity index is 1.49. The number of hydrogen-bond donors (Lipinski definition) is 2. The van der Waals surface area contributed by atoms with Crippen LogP contribution in [-0.2, 0) is 11.4 Å². The van der Waals surface area contributed by atoms with Gasteiger partial charge in [0.15, 0.2) is 0 Å². The molecule has 8 nitrogen and oxygen atoms in total. The van der Waals surface area contributed by atoms with Crippen molar-refractivity contribution in [1.82, 2.24) is 14.9 Å². The maximum Gasteiger partial charge on any atom is 0.248 e. The van der Waals surface area contributed by atoms with Gasteiger partial charge in [-0.1, -0.05) is 29.8 Å². The second-order valence-electron chi connectivity index (χ2n) is 7.88. The smallest absolute Gasteiger partial charge is 0.248 e. The molecule has 0 atom stereocenters. The maximum absolute atomic E-state index is 13.4. The van der Waals surface area contributed by atoms with Gasteiger partial charge in [0, 0.05) is 12.7 Å². The molecule has 0 unspecified atom stereocenters. The van der Waals surface area contributed by atoms with Gasteiger partial charge in [-0.25, -0.2) is 14.4 Å². The van der Waals surface area contributed by atoms with E-state index >= 15 is 0 Å². The molecular formula is C26H24ClFN4O4. The molecule has 1 amide bonds. The molecule has 36 heavy (non-hydrogen) atoms. The highest BCUT2D eigenvalue weighted by Gasteiger charge is 2.13. The minimum atomic E-state index is -0.552. The number of ether oxygens (including phenoxy) is 2. The molecule has 0 saturated heterocycles. The van der Waals surface area contributed by atoms with Crippen LogP contribution in [0.1, 0.15) is 5.56 Å². The summed E-state index contributed by atoms with van der Waals surface area (Å²) in [5.74, 6) is 0.807. The number of rotatable bonds is 10. The van der Waals surface area contributed by atoms with Crippen molar-refractivity contribution in [3.8, 4) is 11.5 Å². The number of carbonyl (C=O) groups is 1. The summed E-state index contributed by atoms with van der Waals surface area (Å²) in [4.78, 5) is 21.6. The lowest BCUT2D eigenvalue weighted by atomic mass is 10.2. The molecule has 10 heteroatoms. The van der Waals surface area contributed by atoms with Crippen LogP contribution >= 0.6 is 11.6 Å². The highest BCUT2D eigenvalue weighted by Crippen LogP contribution is 2.34. The summed E-state index contributed by atoms with van der Waals surface area (Å²) in [6.07, 6.45) is 1.44. The Morgan fingerprint density at radius 3 is 2.69 bits per heavy atom. The Hall–Kier alpha value is -3.95. The van der Waals surface area contributed by atoms with Crippen molar-refractivity contribution in [3.05, 3.63) is 83.4 Å². The third-order valence-electron chi connectivity index (χ3n) is 5.35. The number of hydrogen-bond acceptors (Lipinski definition) is 7. The summed E-state index contributed by atoms with van der Waals surface area (Å²) in [5.41, 5.74) is 2.03. The van der Waals surface area contributed by atoms with E-state index in [0.717, 1.165) is 0 Å². The topological polar surface area (TPSA) is 96.8 Å². The highest BCUT2D eigenvalue weighted by atomic mass is 35.5. The number of nitrogens with one attached hydrogen (secondary N) is 1. The minimum Gasteiger partial charge on any atom is -0.491 e. The first-order valence-electron chi connectivity index (χ1n) is 11.1. The van der Waals surface area contributed by atoms with Gasteiger partial charge in [-0.3, -0.25) is 4.79 Å². The Bertz CT molecular complexity index is 1370. The average molecular weight is 511 g/mol. The number of benzene rings is 3. The molecule has 3 aromatic carbocycles. The van der Waals surface area contributed by atoms with Crippen LogP contribution in [0.5, 0.6) is 11.5 Å². The van der Waals surface area contributed by atoms with E-state index in [2.05, 4.69) is 15.3 Å². The van der Waals surface area contributed by atoms with Gasteiger partial charge in [-0.2, -0.15) is 0 Å². The van der Waals surface area contributed by atoms with E-state index in [9.17, 15) is 9.18 Å². The normalized spacial score (nSPS) is 10.8. The van der Waals surface area contributed by atoms with Crippen LogP contribution in [0, 0.1) is 5.82 Å². The van der Waals surface area contributed by atoms with E-state index in [0.29, 0.717) is 51.0 Å². The first kappa shape index (κ1) is 25.2. The second kappa shape index (κ2) is 11.7. The largest absolute Gasteiger partial charge is 0.491 e. The Labute approximate surface area is 212 Å². The number of aliphatic hydroxyl groups is 1. The van der Waals surface area contributed by atoms with Gasteiger partial charge in [0.05, 0.1) is 22.5 Å². The maximum atomic E-state index is 13.4. The molecule has 1 aromatic heterocycles. The van der Waals surface area contributed by atoms with Crippen molar-refractivity contribution in [1.29, 1.82) is 0 Å². The Morgan fingerprint density at radius 2 is 1.92 bits per heavy atom. The van der Waals surface area contributed by atoms with Gasteiger partial charge in [0.1, 0.15) is 49.3 Å². The van der Waals surface area contributed by atoms with E-state index in [1.54, 1.807) is 43.4 Å². The summed E-state index contributed by atoms with van der Waals surface area (Å²) in [7, 11) is 1.59. The zero-order chi connectivity index (χ0) is 25.5. The molecule has 4 aromatic rings. The fraction of sp³-hybridized carbons (Fsp3) is 0.192. The number of aromatic nitrogens is 2. The van der Waals surface area contributed by atoms with Crippen molar-refractivity contribution in [2.24, 2.45) is 0 Å². The lowest BCUT2D eigenvalue weighted by Crippen LogP contribution is -2.32. The fourth-order valence-corrected chi connectivity index (χ4v) is 3.69. The molecule has 0 aliphatic rings. The molecule has 0 aliphatic carbocycles. The highest BCUT2D eigenvalue weighted by molar-refractivity contribution is 6.32. The summed E-state index contributed by atoms with van der Waals surface area (Å²) in [5, 5.41) is 13.3. The fourth-order valence-electron chi connectivity index (χ4n) is 3.45. The van der Waals surface area contributed by atoms with Crippen LogP contribution in [0.3, 0.4) is 0 Å². The summed E-state index contributed by atoms with van der Waals surface area (Å²) in [6.45, 7) is 0.155. The lowest BCUT2D eigenvalue weighted by Gasteiger charge is -2.17. The summed E-state index contributed by atoms with van der Waals surface area (Å²) >= 11 is 6.43. The van der Waals surface area contributed by atoms with Crippen molar-refractivity contribution >= 4 is 39.9 Å². The Morgan fingerprint density at radius 1 is 1.08 bits per heavy atom. The molecule has 0 bridgehead atoms. The van der Waals surface area contributed by atoms with Crippen LogP contribution in [-0.4, -0.2) is 52.7 Å². The van der Waals surface area contributed by atoms with Gasteiger partial charge < -0.3 is 24.8 Å². The molecule has 2 N–H and O–H groups in total. The van der Waals surface area contributed by atoms with E-state index in [1.807, 2.05) is 12.1 Å². The van der Waals surface area contributed by atoms with Gasteiger partial charge in [-0.05, 0) is 48.0 Å². The van der Waals surface area contributed by atoms with Gasteiger partial charge in [-0.15, -0.1) is 0 Å². The number of fused-ring (bicyclic) bond motifs is 1. The van der Waals surface area contributed by atoms with Gasteiger partial charge >= 0.3 is 0 Å². The number of anilines is 2. The number of likely N-dealkylation sites (N-methyl/N-ethyl adjacent to an activating group) is 1. The van der Waals surface area contributed by atoms with Crippen molar-refractivity contribution < 1.29 is 23.8 Å². The van der Waals surface area contributed by atoms with E-state index in [-0.39, 0.29) is 24.9 Å². The van der Waals surface area contributed by atoms with Crippen LogP contribution in [0.4, 0.5) is 15.9 Å². The van der Waals surface area contributed by atoms with Gasteiger partial charge in [0.25, 0.3) is 0 Å². The number of aliphatic hydroxyl groups excluding tert-OH is 1. The molecule has 0 radical (unpaired) electrons. The lowest BCUT2D eigenvalue weighted by molar-refractivity contribution is -0.133. The molecule has 0 aliphatic heterocycles. The van der Waals surface area contributed by atoms with E-state index in [1.165, 1.54) is 23.4 Å². The predicted molar refractivity (Wildman–Crippen MR) is 135 cm³/mol. The first-order valence-corrected chi connectivity index (χ1v) is 11.5. The van der Waals surface area contributed by atoms with E-state index in [4.69, 9.17) is 26.2 Å². The number of nitrogens with zero attached hydrogens (tertiary/aromatic N) is 3. The van der Waals surface area contributed by atoms with Crippen LogP contribution in [0.25, 0.3) is 10.9 Å². The third-order valence-corrected chi connectivity index (χ3v) is 5.64. The SMILES string of the molecule is CN(CCOc1cccc2ncnc(Nc3ccc(OCc4cccc(F)c4)c(Cl)c3)c12)C(=O)CO. The molecule has 0 spiro atoms. The molecule has 0 fully saturated rings. The monoisotopic (exact) mass is 510 g/mol. The number of halogens is 2. The summed E-state index contributed by atoms with van der Waals surface area (Å²) < 4.78 is 25.1. The van der Waals surface area contributed by atoms with Crippen molar-refractivity contribution in [2.45, 2.75) is 6.61 Å². The van der Waals surface area contributed by atoms with Crippen molar-refractivity contribution in [3.63, 3.8) is 0 Å². The number of carbonyl (C=O) groups excluding carboxylic acids is 1. The quantitative estimate of drug-likeness (QED) is 0.322. The Kier molecular flexibility index (Phi) is 8.14. The predicted octanol–water partition coefficient (Wildman–Crippen LogP) is 4.57. The zero-order valence-electron chi connectivity index (χ0n) is 19.4. The first-order chi connectivity index (χ1) is 17.4. The molecular weight excluding hydrogens is 487 g/mol. The summed E-state index contributed by atoms with van der Waals surface area (Å²) in [6, 6.07) is 16.8. The van der Waals surface area contributed by atoms with Gasteiger partial charge in [0.2, 0.25) is 5.91 Å². The van der Waals surface area contributed by atoms with Crippen molar-refractivity contribution in [2.75, 3.05) is 32.1 Å². The average Bonchev–Trinajstić information content (AvgIpc) is 2.88. The van der Waals surface area contributed by atoms with Crippen LogP contribution in [0.2, 0.25) is 5.02 Å². The minimum absolute atomic E-state index is 0.181. The van der Waals surface area contributed by atoms with E-state index < -0.39 is 6.61 Å². The zero-order valence-corrected chi connectivity index (χ0v) is 20.2. The second-order valence-corrected chi connectivity index (χ2v) is 8.29.